The van der Waals surface area contributed by atoms with Gasteiger partial charge in [0.25, 0.3) is 0 Å². The molecule has 0 aliphatic carbocycles. The summed E-state index contributed by atoms with van der Waals surface area (Å²) >= 11 is 0. The van der Waals surface area contributed by atoms with Crippen LogP contribution >= 0.6 is 0 Å². The van der Waals surface area contributed by atoms with Crippen LogP contribution in [0.1, 0.15) is 38.3 Å². The average molecular weight is 417 g/mol. The standard InChI is InChI=1S/C22H28N2O4S/c1-3-28-20-9-11-21(12-10-20)29(26,27)24-15-13-19(14-16-24)22(25)23-17(2)18-7-5-4-6-8-18/h4-12,17,19H,3,13-16H2,1-2H3,(H,23,25)/t17-/m1/s1. The van der Waals surface area contributed by atoms with Crippen LogP contribution in [-0.2, 0) is 14.8 Å². The Morgan fingerprint density at radius 2 is 1.72 bits per heavy atom. The second kappa shape index (κ2) is 9.41. The first-order valence-electron chi connectivity index (χ1n) is 10.00. The van der Waals surface area contributed by atoms with E-state index in [1.165, 1.54) is 4.31 Å². The first-order valence-corrected chi connectivity index (χ1v) is 11.4. The maximum atomic E-state index is 12.9. The van der Waals surface area contributed by atoms with Gasteiger partial charge in [-0.3, -0.25) is 4.79 Å². The molecule has 1 heterocycles. The van der Waals surface area contributed by atoms with Crippen LogP contribution in [0.5, 0.6) is 5.75 Å². The molecule has 1 N–H and O–H groups in total. The van der Waals surface area contributed by atoms with Gasteiger partial charge < -0.3 is 10.1 Å². The lowest BCUT2D eigenvalue weighted by Gasteiger charge is -2.31. The fourth-order valence-electron chi connectivity index (χ4n) is 3.54. The van der Waals surface area contributed by atoms with Crippen molar-refractivity contribution in [1.82, 2.24) is 9.62 Å². The summed E-state index contributed by atoms with van der Waals surface area (Å²) in [4.78, 5) is 12.9. The minimum Gasteiger partial charge on any atom is -0.494 e. The van der Waals surface area contributed by atoms with E-state index in [4.69, 9.17) is 4.74 Å². The molecule has 7 heteroatoms. The van der Waals surface area contributed by atoms with E-state index in [0.717, 1.165) is 5.56 Å². The van der Waals surface area contributed by atoms with Gasteiger partial charge >= 0.3 is 0 Å². The van der Waals surface area contributed by atoms with Crippen molar-refractivity contribution < 1.29 is 17.9 Å². The van der Waals surface area contributed by atoms with E-state index in [1.54, 1.807) is 24.3 Å². The van der Waals surface area contributed by atoms with Gasteiger partial charge in [-0.1, -0.05) is 30.3 Å². The van der Waals surface area contributed by atoms with Crippen molar-refractivity contribution in [1.29, 1.82) is 0 Å². The fraction of sp³-hybridized carbons (Fsp3) is 0.409. The van der Waals surface area contributed by atoms with Crippen LogP contribution in [0.3, 0.4) is 0 Å². The number of rotatable bonds is 7. The number of hydrogen-bond donors (Lipinski definition) is 1. The topological polar surface area (TPSA) is 75.7 Å². The Bertz CT molecular complexity index is 906. The van der Waals surface area contributed by atoms with Crippen molar-refractivity contribution in [3.8, 4) is 5.75 Å². The highest BCUT2D eigenvalue weighted by molar-refractivity contribution is 7.89. The Morgan fingerprint density at radius 3 is 2.31 bits per heavy atom. The number of hydrogen-bond acceptors (Lipinski definition) is 4. The van der Waals surface area contributed by atoms with Crippen molar-refractivity contribution in [3.63, 3.8) is 0 Å². The van der Waals surface area contributed by atoms with E-state index in [9.17, 15) is 13.2 Å². The summed E-state index contributed by atoms with van der Waals surface area (Å²) in [5.41, 5.74) is 1.05. The van der Waals surface area contributed by atoms with Gasteiger partial charge in [0.1, 0.15) is 5.75 Å². The summed E-state index contributed by atoms with van der Waals surface area (Å²) in [6, 6.07) is 16.2. The molecular weight excluding hydrogens is 388 g/mol. The van der Waals surface area contributed by atoms with Crippen LogP contribution in [0.4, 0.5) is 0 Å². The number of amides is 1. The molecule has 1 aliphatic rings. The summed E-state index contributed by atoms with van der Waals surface area (Å²) < 4.78 is 32.6. The first kappa shape index (κ1) is 21.3. The number of nitrogens with zero attached hydrogens (tertiary/aromatic N) is 1. The molecule has 3 rings (SSSR count). The Kier molecular flexibility index (Phi) is 6.92. The van der Waals surface area contributed by atoms with Gasteiger partial charge in [0.15, 0.2) is 0 Å². The molecule has 1 saturated heterocycles. The number of sulfonamides is 1. The van der Waals surface area contributed by atoms with E-state index in [2.05, 4.69) is 5.32 Å². The van der Waals surface area contributed by atoms with Gasteiger partial charge in [0.2, 0.25) is 15.9 Å². The number of piperidine rings is 1. The predicted molar refractivity (Wildman–Crippen MR) is 112 cm³/mol. The van der Waals surface area contributed by atoms with Gasteiger partial charge in [0.05, 0.1) is 17.5 Å². The molecule has 156 valence electrons. The van der Waals surface area contributed by atoms with E-state index >= 15 is 0 Å². The SMILES string of the molecule is CCOc1ccc(S(=O)(=O)N2CCC(C(=O)N[C@H](C)c3ccccc3)CC2)cc1. The summed E-state index contributed by atoms with van der Waals surface area (Å²) in [5.74, 6) is 0.460. The first-order chi connectivity index (χ1) is 13.9. The smallest absolute Gasteiger partial charge is 0.243 e. The minimum absolute atomic E-state index is 0.0144. The molecule has 1 fully saturated rings. The molecule has 0 spiro atoms. The predicted octanol–water partition coefficient (Wildman–Crippen LogP) is 3.36. The van der Waals surface area contributed by atoms with Gasteiger partial charge in [0, 0.05) is 19.0 Å². The van der Waals surface area contributed by atoms with Crippen LogP contribution in [0.2, 0.25) is 0 Å². The number of benzene rings is 2. The summed E-state index contributed by atoms with van der Waals surface area (Å²) in [5, 5.41) is 3.05. The largest absolute Gasteiger partial charge is 0.494 e. The molecule has 0 aromatic heterocycles. The molecule has 1 atom stereocenters. The van der Waals surface area contributed by atoms with Crippen molar-refractivity contribution in [3.05, 3.63) is 60.2 Å². The highest BCUT2D eigenvalue weighted by atomic mass is 32.2. The minimum atomic E-state index is -3.56. The van der Waals surface area contributed by atoms with E-state index < -0.39 is 10.0 Å². The third-order valence-corrected chi connectivity index (χ3v) is 7.17. The zero-order valence-corrected chi connectivity index (χ0v) is 17.7. The summed E-state index contributed by atoms with van der Waals surface area (Å²) in [6.07, 6.45) is 1.03. The van der Waals surface area contributed by atoms with Crippen LogP contribution in [0.15, 0.2) is 59.5 Å². The Labute approximate surface area is 172 Å². The second-order valence-electron chi connectivity index (χ2n) is 7.22. The summed E-state index contributed by atoms with van der Waals surface area (Å²) in [6.45, 7) is 5.05. The molecule has 0 radical (unpaired) electrons. The number of carbonyl (C=O) groups excluding carboxylic acids is 1. The third kappa shape index (κ3) is 5.16. The van der Waals surface area contributed by atoms with E-state index in [0.29, 0.717) is 38.3 Å². The fourth-order valence-corrected chi connectivity index (χ4v) is 5.01. The van der Waals surface area contributed by atoms with Crippen LogP contribution < -0.4 is 10.1 Å². The lowest BCUT2D eigenvalue weighted by atomic mass is 9.96. The molecule has 1 aliphatic heterocycles. The monoisotopic (exact) mass is 416 g/mol. The lowest BCUT2D eigenvalue weighted by molar-refractivity contribution is -0.126. The van der Waals surface area contributed by atoms with Crippen molar-refractivity contribution >= 4 is 15.9 Å². The Balaban J connectivity index is 1.57. The van der Waals surface area contributed by atoms with E-state index in [1.807, 2.05) is 44.2 Å². The van der Waals surface area contributed by atoms with E-state index in [-0.39, 0.29) is 22.8 Å². The summed E-state index contributed by atoms with van der Waals surface area (Å²) in [7, 11) is -3.56. The number of nitrogens with one attached hydrogen (secondary N) is 1. The molecule has 2 aromatic rings. The zero-order chi connectivity index (χ0) is 20.9. The molecule has 0 saturated carbocycles. The lowest BCUT2D eigenvalue weighted by Crippen LogP contribution is -2.43. The maximum absolute atomic E-state index is 12.9. The molecule has 0 unspecified atom stereocenters. The Hall–Kier alpha value is -2.38. The van der Waals surface area contributed by atoms with Crippen molar-refractivity contribution in [2.45, 2.75) is 37.6 Å². The van der Waals surface area contributed by atoms with Gasteiger partial charge in [-0.2, -0.15) is 4.31 Å². The Morgan fingerprint density at radius 1 is 1.10 bits per heavy atom. The van der Waals surface area contributed by atoms with Gasteiger partial charge in [-0.15, -0.1) is 0 Å². The van der Waals surface area contributed by atoms with Crippen LogP contribution in [-0.4, -0.2) is 38.3 Å². The number of carbonyl (C=O) groups is 1. The molecule has 2 aromatic carbocycles. The highest BCUT2D eigenvalue weighted by Crippen LogP contribution is 2.26. The van der Waals surface area contributed by atoms with Gasteiger partial charge in [-0.25, -0.2) is 8.42 Å². The normalized spacial score (nSPS) is 16.9. The molecule has 0 bridgehead atoms. The molecule has 1 amide bonds. The maximum Gasteiger partial charge on any atom is 0.243 e. The quantitative estimate of drug-likeness (QED) is 0.751. The molecular formula is C22H28N2O4S. The highest BCUT2D eigenvalue weighted by Gasteiger charge is 2.32. The molecule has 6 nitrogen and oxygen atoms in total. The van der Waals surface area contributed by atoms with Gasteiger partial charge in [-0.05, 0) is 56.5 Å². The van der Waals surface area contributed by atoms with Crippen molar-refractivity contribution in [2.75, 3.05) is 19.7 Å². The van der Waals surface area contributed by atoms with Crippen LogP contribution in [0.25, 0.3) is 0 Å². The molecule has 29 heavy (non-hydrogen) atoms. The zero-order valence-electron chi connectivity index (χ0n) is 16.9. The number of ether oxygens (including phenoxy) is 1. The third-order valence-electron chi connectivity index (χ3n) is 5.26. The van der Waals surface area contributed by atoms with Crippen LogP contribution in [0, 0.1) is 5.92 Å². The average Bonchev–Trinajstić information content (AvgIpc) is 2.75. The van der Waals surface area contributed by atoms with Crippen molar-refractivity contribution in [2.24, 2.45) is 5.92 Å². The second-order valence-corrected chi connectivity index (χ2v) is 9.16.